The number of hydrogen-bond acceptors (Lipinski definition) is 6. The van der Waals surface area contributed by atoms with Crippen molar-refractivity contribution in [2.75, 3.05) is 20.8 Å². The van der Waals surface area contributed by atoms with Gasteiger partial charge < -0.3 is 9.47 Å². The van der Waals surface area contributed by atoms with Gasteiger partial charge in [0.25, 0.3) is 0 Å². The van der Waals surface area contributed by atoms with E-state index in [1.54, 1.807) is 6.92 Å². The van der Waals surface area contributed by atoms with Crippen molar-refractivity contribution in [3.8, 4) is 0 Å². The average Bonchev–Trinajstić information content (AvgIpc) is 2.46. The summed E-state index contributed by atoms with van der Waals surface area (Å²) in [5.74, 6) is -1.14. The van der Waals surface area contributed by atoms with Crippen LogP contribution in [0.4, 0.5) is 0 Å². The number of benzene rings is 1. The summed E-state index contributed by atoms with van der Waals surface area (Å²) in [6, 6.07) is 4.23. The Morgan fingerprint density at radius 3 is 2.43 bits per heavy atom. The number of methoxy groups -OCH3 is 2. The largest absolute Gasteiger partial charge is 0.469 e. The SMILES string of the molecule is COC(=O)CCNS(=O)(=O)c1cc(C(=O)OC)ccc1C. The summed E-state index contributed by atoms with van der Waals surface area (Å²) in [7, 11) is -1.39. The third kappa shape index (κ3) is 4.54. The van der Waals surface area contributed by atoms with E-state index in [2.05, 4.69) is 14.2 Å². The number of sulfonamides is 1. The molecule has 0 aliphatic rings. The second kappa shape index (κ2) is 7.19. The monoisotopic (exact) mass is 315 g/mol. The van der Waals surface area contributed by atoms with E-state index in [0.717, 1.165) is 0 Å². The summed E-state index contributed by atoms with van der Waals surface area (Å²) in [6.45, 7) is 1.52. The molecule has 7 nitrogen and oxygen atoms in total. The van der Waals surface area contributed by atoms with Gasteiger partial charge in [-0.25, -0.2) is 17.9 Å². The molecule has 0 aliphatic heterocycles. The minimum absolute atomic E-state index is 0.0322. The lowest BCUT2D eigenvalue weighted by molar-refractivity contribution is -0.140. The minimum Gasteiger partial charge on any atom is -0.469 e. The lowest BCUT2D eigenvalue weighted by atomic mass is 10.1. The number of rotatable bonds is 6. The molecule has 0 saturated heterocycles. The van der Waals surface area contributed by atoms with E-state index in [1.807, 2.05) is 0 Å². The topological polar surface area (TPSA) is 98.8 Å². The van der Waals surface area contributed by atoms with Crippen molar-refractivity contribution in [3.05, 3.63) is 29.3 Å². The maximum absolute atomic E-state index is 12.2. The van der Waals surface area contributed by atoms with E-state index in [4.69, 9.17) is 0 Å². The van der Waals surface area contributed by atoms with Gasteiger partial charge >= 0.3 is 11.9 Å². The smallest absolute Gasteiger partial charge is 0.337 e. The van der Waals surface area contributed by atoms with Gasteiger partial charge in [0.1, 0.15) is 0 Å². The molecule has 0 saturated carbocycles. The number of esters is 2. The van der Waals surface area contributed by atoms with Crippen LogP contribution in [-0.4, -0.2) is 41.1 Å². The molecular formula is C13H17NO6S. The quantitative estimate of drug-likeness (QED) is 0.773. The van der Waals surface area contributed by atoms with Gasteiger partial charge in [-0.3, -0.25) is 4.79 Å². The van der Waals surface area contributed by atoms with Gasteiger partial charge in [-0.2, -0.15) is 0 Å². The first-order valence-corrected chi connectivity index (χ1v) is 7.55. The Balaban J connectivity index is 2.97. The lowest BCUT2D eigenvalue weighted by Crippen LogP contribution is -2.27. The van der Waals surface area contributed by atoms with Gasteiger partial charge in [0.2, 0.25) is 10.0 Å². The molecule has 0 aliphatic carbocycles. The van der Waals surface area contributed by atoms with Crippen LogP contribution in [0, 0.1) is 6.92 Å². The molecular weight excluding hydrogens is 298 g/mol. The summed E-state index contributed by atoms with van der Waals surface area (Å²) in [5.41, 5.74) is 0.615. The van der Waals surface area contributed by atoms with E-state index in [1.165, 1.54) is 32.4 Å². The summed E-state index contributed by atoms with van der Waals surface area (Å²) < 4.78 is 35.6. The van der Waals surface area contributed by atoms with Gasteiger partial charge in [0.15, 0.2) is 0 Å². The second-order valence-corrected chi connectivity index (χ2v) is 5.93. The van der Waals surface area contributed by atoms with Crippen LogP contribution in [0.25, 0.3) is 0 Å². The number of hydrogen-bond donors (Lipinski definition) is 1. The molecule has 0 aromatic heterocycles. The van der Waals surface area contributed by atoms with Crippen molar-refractivity contribution in [1.82, 2.24) is 4.72 Å². The summed E-state index contributed by atoms with van der Waals surface area (Å²) in [4.78, 5) is 22.4. The fraction of sp³-hybridized carbons (Fsp3) is 0.385. The lowest BCUT2D eigenvalue weighted by Gasteiger charge is -2.10. The number of carbonyl (C=O) groups is 2. The number of aryl methyl sites for hydroxylation is 1. The molecule has 0 bridgehead atoms. The Hall–Kier alpha value is -1.93. The predicted molar refractivity (Wildman–Crippen MR) is 74.3 cm³/mol. The van der Waals surface area contributed by atoms with Gasteiger partial charge in [0.05, 0.1) is 31.1 Å². The van der Waals surface area contributed by atoms with Crippen molar-refractivity contribution in [2.45, 2.75) is 18.2 Å². The zero-order valence-electron chi connectivity index (χ0n) is 12.0. The number of ether oxygens (including phenoxy) is 2. The molecule has 0 heterocycles. The highest BCUT2D eigenvalue weighted by molar-refractivity contribution is 7.89. The van der Waals surface area contributed by atoms with Crippen molar-refractivity contribution in [3.63, 3.8) is 0 Å². The van der Waals surface area contributed by atoms with E-state index < -0.39 is 22.0 Å². The van der Waals surface area contributed by atoms with Gasteiger partial charge in [-0.15, -0.1) is 0 Å². The zero-order valence-corrected chi connectivity index (χ0v) is 12.8. The molecule has 21 heavy (non-hydrogen) atoms. The first kappa shape index (κ1) is 17.1. The third-order valence-corrected chi connectivity index (χ3v) is 4.35. The molecule has 1 aromatic carbocycles. The fourth-order valence-corrected chi connectivity index (χ4v) is 2.90. The highest BCUT2D eigenvalue weighted by atomic mass is 32.2. The second-order valence-electron chi connectivity index (χ2n) is 4.20. The summed E-state index contributed by atoms with van der Waals surface area (Å²) in [5, 5.41) is 0. The zero-order chi connectivity index (χ0) is 16.0. The van der Waals surface area contributed by atoms with Crippen LogP contribution >= 0.6 is 0 Å². The molecule has 116 valence electrons. The van der Waals surface area contributed by atoms with Crippen LogP contribution in [0.15, 0.2) is 23.1 Å². The fourth-order valence-electron chi connectivity index (χ4n) is 1.60. The molecule has 8 heteroatoms. The Labute approximate surface area is 123 Å². The average molecular weight is 315 g/mol. The maximum atomic E-state index is 12.2. The molecule has 1 N–H and O–H groups in total. The standard InChI is InChI=1S/C13H17NO6S/c1-9-4-5-10(13(16)20-3)8-11(9)21(17,18)14-7-6-12(15)19-2/h4-5,8,14H,6-7H2,1-3H3. The molecule has 0 unspecified atom stereocenters. The molecule has 0 amide bonds. The van der Waals surface area contributed by atoms with Crippen LogP contribution in [0.1, 0.15) is 22.3 Å². The van der Waals surface area contributed by atoms with Crippen LogP contribution in [-0.2, 0) is 24.3 Å². The molecule has 0 fully saturated rings. The van der Waals surface area contributed by atoms with E-state index in [-0.39, 0.29) is 23.4 Å². The van der Waals surface area contributed by atoms with Gasteiger partial charge in [0, 0.05) is 6.54 Å². The Kier molecular flexibility index (Phi) is 5.86. The van der Waals surface area contributed by atoms with E-state index in [9.17, 15) is 18.0 Å². The van der Waals surface area contributed by atoms with Crippen molar-refractivity contribution < 1.29 is 27.5 Å². The first-order valence-electron chi connectivity index (χ1n) is 6.07. The number of nitrogens with one attached hydrogen (secondary N) is 1. The summed E-state index contributed by atoms with van der Waals surface area (Å²) in [6.07, 6.45) is -0.0779. The molecule has 1 rings (SSSR count). The van der Waals surface area contributed by atoms with Crippen molar-refractivity contribution >= 4 is 22.0 Å². The summed E-state index contributed by atoms with van der Waals surface area (Å²) >= 11 is 0. The molecule has 0 atom stereocenters. The van der Waals surface area contributed by atoms with Crippen LogP contribution in [0.2, 0.25) is 0 Å². The van der Waals surface area contributed by atoms with Crippen LogP contribution < -0.4 is 4.72 Å². The van der Waals surface area contributed by atoms with E-state index in [0.29, 0.717) is 5.56 Å². The van der Waals surface area contributed by atoms with Crippen molar-refractivity contribution in [2.24, 2.45) is 0 Å². The van der Waals surface area contributed by atoms with Crippen molar-refractivity contribution in [1.29, 1.82) is 0 Å². The Morgan fingerprint density at radius 1 is 1.19 bits per heavy atom. The number of carbonyl (C=O) groups excluding carboxylic acids is 2. The molecule has 0 radical (unpaired) electrons. The normalized spacial score (nSPS) is 11.0. The van der Waals surface area contributed by atoms with Gasteiger partial charge in [-0.05, 0) is 24.6 Å². The van der Waals surface area contributed by atoms with E-state index >= 15 is 0 Å². The van der Waals surface area contributed by atoms with Crippen LogP contribution in [0.5, 0.6) is 0 Å². The molecule has 0 spiro atoms. The Bertz CT molecular complexity index is 638. The predicted octanol–water partition coefficient (Wildman–Crippen LogP) is 0.623. The first-order chi connectivity index (χ1) is 9.81. The van der Waals surface area contributed by atoms with Crippen LogP contribution in [0.3, 0.4) is 0 Å². The highest BCUT2D eigenvalue weighted by Crippen LogP contribution is 2.17. The maximum Gasteiger partial charge on any atom is 0.337 e. The van der Waals surface area contributed by atoms with Gasteiger partial charge in [-0.1, -0.05) is 6.07 Å². The molecule has 1 aromatic rings. The Morgan fingerprint density at radius 2 is 1.86 bits per heavy atom. The third-order valence-electron chi connectivity index (χ3n) is 2.75. The minimum atomic E-state index is -3.82. The highest BCUT2D eigenvalue weighted by Gasteiger charge is 2.19.